The second-order valence-corrected chi connectivity index (χ2v) is 4.38. The lowest BCUT2D eigenvalue weighted by Gasteiger charge is -2.07. The fraction of sp³-hybridized carbons (Fsp3) is 0.857. The number of ether oxygens (including phenoxy) is 4. The molecular formula is C14H31NO6. The van der Waals surface area contributed by atoms with Crippen LogP contribution in [0.15, 0.2) is 0 Å². The summed E-state index contributed by atoms with van der Waals surface area (Å²) in [5, 5.41) is 2.67. The van der Waals surface area contributed by atoms with E-state index in [0.29, 0.717) is 46.2 Å². The maximum atomic E-state index is 11.3. The van der Waals surface area contributed by atoms with Crippen LogP contribution in [0.2, 0.25) is 0 Å². The van der Waals surface area contributed by atoms with Crippen molar-refractivity contribution in [1.29, 1.82) is 0 Å². The predicted molar refractivity (Wildman–Crippen MR) is 81.5 cm³/mol. The average molecular weight is 309 g/mol. The Morgan fingerprint density at radius 1 is 0.857 bits per heavy atom. The highest BCUT2D eigenvalue weighted by molar-refractivity contribution is 5.77. The Morgan fingerprint density at radius 2 is 1.43 bits per heavy atom. The highest BCUT2D eigenvalue weighted by atomic mass is 16.5. The van der Waals surface area contributed by atoms with Crippen molar-refractivity contribution in [2.24, 2.45) is 0 Å². The minimum absolute atomic E-state index is 0. The molecule has 0 spiro atoms. The first kappa shape index (κ1) is 20.0. The van der Waals surface area contributed by atoms with E-state index in [1.165, 1.54) is 6.92 Å². The molecule has 0 aromatic carbocycles. The standard InChI is InChI=1S/C14H27NO6.2H2/c1-3-5-18-7-10-21-12-14(17)15-4-6-19-8-9-20-11-13(2)16;;/h3-12H2,1-2H3,(H,15,17);2*1H. The normalized spacial score (nSPS) is 10.6. The third-order valence-electron chi connectivity index (χ3n) is 2.20. The van der Waals surface area contributed by atoms with Crippen LogP contribution in [-0.2, 0) is 28.5 Å². The number of nitrogens with one attached hydrogen (secondary N) is 1. The molecule has 0 fully saturated rings. The van der Waals surface area contributed by atoms with Gasteiger partial charge in [-0.3, -0.25) is 9.59 Å². The molecule has 0 aromatic heterocycles. The first-order chi connectivity index (χ1) is 10.2. The van der Waals surface area contributed by atoms with Gasteiger partial charge in [-0.05, 0) is 13.3 Å². The van der Waals surface area contributed by atoms with Crippen molar-refractivity contribution >= 4 is 11.7 Å². The van der Waals surface area contributed by atoms with Crippen LogP contribution < -0.4 is 5.32 Å². The zero-order valence-electron chi connectivity index (χ0n) is 13.0. The van der Waals surface area contributed by atoms with Crippen molar-refractivity contribution < 1.29 is 31.4 Å². The van der Waals surface area contributed by atoms with E-state index in [4.69, 9.17) is 18.9 Å². The molecule has 7 heteroatoms. The molecule has 0 heterocycles. The molecule has 0 aliphatic rings. The SMILES string of the molecule is CCCOCCOCC(=O)NCCOCCOCC(C)=O.[HH].[HH]. The van der Waals surface area contributed by atoms with Gasteiger partial charge in [-0.2, -0.15) is 0 Å². The lowest BCUT2D eigenvalue weighted by Crippen LogP contribution is -2.31. The number of carbonyl (C=O) groups is 2. The van der Waals surface area contributed by atoms with Crippen molar-refractivity contribution in [1.82, 2.24) is 5.32 Å². The Bertz CT molecular complexity index is 282. The van der Waals surface area contributed by atoms with Crippen LogP contribution in [0, 0.1) is 0 Å². The van der Waals surface area contributed by atoms with Gasteiger partial charge in [-0.1, -0.05) is 6.92 Å². The highest BCUT2D eigenvalue weighted by Crippen LogP contribution is 1.83. The zero-order chi connectivity index (χ0) is 15.8. The predicted octanol–water partition coefficient (Wildman–Crippen LogP) is 0.660. The van der Waals surface area contributed by atoms with Crippen LogP contribution in [0.25, 0.3) is 0 Å². The minimum atomic E-state index is -0.179. The monoisotopic (exact) mass is 309 g/mol. The number of Topliss-reactive ketones (excluding diaryl/α,β-unsaturated/α-hetero) is 1. The molecule has 7 nitrogen and oxygen atoms in total. The van der Waals surface area contributed by atoms with Gasteiger partial charge in [-0.15, -0.1) is 0 Å². The van der Waals surface area contributed by atoms with Gasteiger partial charge in [-0.25, -0.2) is 0 Å². The lowest BCUT2D eigenvalue weighted by molar-refractivity contribution is -0.126. The molecule has 0 bridgehead atoms. The van der Waals surface area contributed by atoms with E-state index in [9.17, 15) is 9.59 Å². The van der Waals surface area contributed by atoms with E-state index in [2.05, 4.69) is 5.32 Å². The summed E-state index contributed by atoms with van der Waals surface area (Å²) in [4.78, 5) is 21.9. The van der Waals surface area contributed by atoms with Gasteiger partial charge < -0.3 is 24.3 Å². The van der Waals surface area contributed by atoms with Gasteiger partial charge >= 0.3 is 0 Å². The second kappa shape index (κ2) is 15.4. The summed E-state index contributed by atoms with van der Waals surface area (Å²) in [6.07, 6.45) is 0.972. The van der Waals surface area contributed by atoms with Crippen molar-refractivity contribution in [2.45, 2.75) is 20.3 Å². The van der Waals surface area contributed by atoms with Crippen molar-refractivity contribution in [3.05, 3.63) is 0 Å². The maximum absolute atomic E-state index is 11.3. The molecule has 0 aliphatic heterocycles. The lowest BCUT2D eigenvalue weighted by atomic mass is 10.5. The first-order valence-electron chi connectivity index (χ1n) is 7.24. The largest absolute Gasteiger partial charge is 0.379 e. The molecular weight excluding hydrogens is 278 g/mol. The summed E-state index contributed by atoms with van der Waals surface area (Å²) in [7, 11) is 0. The van der Waals surface area contributed by atoms with E-state index >= 15 is 0 Å². The highest BCUT2D eigenvalue weighted by Gasteiger charge is 2.00. The maximum Gasteiger partial charge on any atom is 0.246 e. The smallest absolute Gasteiger partial charge is 0.246 e. The van der Waals surface area contributed by atoms with Crippen LogP contribution in [0.3, 0.4) is 0 Å². The fourth-order valence-corrected chi connectivity index (χ4v) is 1.28. The van der Waals surface area contributed by atoms with Crippen LogP contribution in [0.1, 0.15) is 23.1 Å². The summed E-state index contributed by atoms with van der Waals surface area (Å²) in [5.41, 5.74) is 0. The van der Waals surface area contributed by atoms with E-state index in [1.54, 1.807) is 0 Å². The average Bonchev–Trinajstić information content (AvgIpc) is 2.45. The number of ketones is 1. The van der Waals surface area contributed by atoms with Crippen LogP contribution in [-0.4, -0.2) is 71.1 Å². The Labute approximate surface area is 129 Å². The molecule has 0 saturated carbocycles. The molecule has 0 saturated heterocycles. The second-order valence-electron chi connectivity index (χ2n) is 4.38. The zero-order valence-corrected chi connectivity index (χ0v) is 13.0. The molecule has 0 unspecified atom stereocenters. The molecule has 0 aromatic rings. The molecule has 0 radical (unpaired) electrons. The molecule has 0 rings (SSSR count). The molecule has 128 valence electrons. The van der Waals surface area contributed by atoms with E-state index < -0.39 is 0 Å². The number of amides is 1. The molecule has 21 heavy (non-hydrogen) atoms. The number of carbonyl (C=O) groups excluding carboxylic acids is 2. The summed E-state index contributed by atoms with van der Waals surface area (Å²) in [6.45, 7) is 6.85. The fourth-order valence-electron chi connectivity index (χ4n) is 1.28. The van der Waals surface area contributed by atoms with E-state index in [0.717, 1.165) is 6.42 Å². The molecule has 1 amide bonds. The van der Waals surface area contributed by atoms with Crippen LogP contribution in [0.5, 0.6) is 0 Å². The quantitative estimate of drug-likeness (QED) is 0.447. The van der Waals surface area contributed by atoms with E-state index in [1.807, 2.05) is 6.92 Å². The third-order valence-corrected chi connectivity index (χ3v) is 2.20. The van der Waals surface area contributed by atoms with Gasteiger partial charge in [0.1, 0.15) is 13.2 Å². The van der Waals surface area contributed by atoms with Gasteiger partial charge in [0.25, 0.3) is 0 Å². The van der Waals surface area contributed by atoms with Gasteiger partial charge in [0.15, 0.2) is 5.78 Å². The third kappa shape index (κ3) is 16.9. The van der Waals surface area contributed by atoms with Crippen molar-refractivity contribution in [2.75, 3.05) is 59.4 Å². The number of hydrogen-bond acceptors (Lipinski definition) is 6. The Hall–Kier alpha value is -1.02. The minimum Gasteiger partial charge on any atom is -0.379 e. The molecule has 0 atom stereocenters. The van der Waals surface area contributed by atoms with Gasteiger partial charge in [0.2, 0.25) is 5.91 Å². The van der Waals surface area contributed by atoms with Gasteiger partial charge in [0, 0.05) is 16.0 Å². The summed E-state index contributed by atoms with van der Waals surface area (Å²) in [6, 6.07) is 0. The van der Waals surface area contributed by atoms with Crippen LogP contribution >= 0.6 is 0 Å². The number of hydrogen-bond donors (Lipinski definition) is 1. The molecule has 1 N–H and O–H groups in total. The van der Waals surface area contributed by atoms with Gasteiger partial charge in [0.05, 0.1) is 33.0 Å². The summed E-state index contributed by atoms with van der Waals surface area (Å²) < 4.78 is 20.6. The summed E-state index contributed by atoms with van der Waals surface area (Å²) >= 11 is 0. The Kier molecular flexibility index (Phi) is 14.6. The van der Waals surface area contributed by atoms with E-state index in [-0.39, 0.29) is 27.8 Å². The first-order valence-corrected chi connectivity index (χ1v) is 7.24. The van der Waals surface area contributed by atoms with Crippen LogP contribution in [0.4, 0.5) is 0 Å². The van der Waals surface area contributed by atoms with Crippen molar-refractivity contribution in [3.8, 4) is 0 Å². The number of rotatable bonds is 15. The van der Waals surface area contributed by atoms with Crippen molar-refractivity contribution in [3.63, 3.8) is 0 Å². The topological polar surface area (TPSA) is 83.1 Å². The molecule has 0 aliphatic carbocycles. The Balaban J connectivity index is -0.00000200. The summed E-state index contributed by atoms with van der Waals surface area (Å²) in [5.74, 6) is -0.190. The Morgan fingerprint density at radius 3 is 2.05 bits per heavy atom.